The van der Waals surface area contributed by atoms with Crippen molar-refractivity contribution in [3.8, 4) is 11.5 Å². The molecule has 3 rings (SSSR count). The molecule has 25 heavy (non-hydrogen) atoms. The van der Waals surface area contributed by atoms with E-state index >= 15 is 0 Å². The Hall–Kier alpha value is -2.44. The molecule has 1 unspecified atom stereocenters. The summed E-state index contributed by atoms with van der Waals surface area (Å²) in [6.07, 6.45) is 0. The highest BCUT2D eigenvalue weighted by Gasteiger charge is 2.17. The fourth-order valence-electron chi connectivity index (χ4n) is 2.65. The Labute approximate surface area is 151 Å². The molecule has 0 aliphatic carbocycles. The van der Waals surface area contributed by atoms with E-state index in [0.29, 0.717) is 42.0 Å². The molecular weight excluding hydrogens is 342 g/mol. The molecule has 0 bridgehead atoms. The van der Waals surface area contributed by atoms with E-state index in [1.54, 1.807) is 0 Å². The lowest BCUT2D eigenvalue weighted by atomic mass is 10.1. The number of carbonyl (C=O) groups excluding carboxylic acids is 1. The lowest BCUT2D eigenvalue weighted by Gasteiger charge is -2.21. The topological polar surface area (TPSA) is 85.6 Å². The van der Waals surface area contributed by atoms with E-state index in [4.69, 9.17) is 26.8 Å². The SMILES string of the molecule is CC(NCc1cc(Cl)c2c(c1)OCCO2)c1ccc(NC(N)=O)cc1. The summed E-state index contributed by atoms with van der Waals surface area (Å²) < 4.78 is 11.1. The van der Waals surface area contributed by atoms with Gasteiger partial charge in [0.1, 0.15) is 13.2 Å². The second kappa shape index (κ2) is 7.63. The molecule has 4 N–H and O–H groups in total. The zero-order valence-corrected chi connectivity index (χ0v) is 14.6. The van der Waals surface area contributed by atoms with Gasteiger partial charge in [-0.3, -0.25) is 0 Å². The first-order valence-electron chi connectivity index (χ1n) is 8.01. The summed E-state index contributed by atoms with van der Waals surface area (Å²) in [7, 11) is 0. The van der Waals surface area contributed by atoms with Crippen LogP contribution >= 0.6 is 11.6 Å². The highest BCUT2D eigenvalue weighted by atomic mass is 35.5. The van der Waals surface area contributed by atoms with Crippen LogP contribution < -0.4 is 25.8 Å². The highest BCUT2D eigenvalue weighted by molar-refractivity contribution is 6.32. The van der Waals surface area contributed by atoms with Gasteiger partial charge in [-0.05, 0) is 42.3 Å². The number of carbonyl (C=O) groups is 1. The monoisotopic (exact) mass is 361 g/mol. The van der Waals surface area contributed by atoms with Crippen LogP contribution in [0.2, 0.25) is 5.02 Å². The van der Waals surface area contributed by atoms with Gasteiger partial charge in [-0.15, -0.1) is 0 Å². The van der Waals surface area contributed by atoms with Crippen LogP contribution in [-0.2, 0) is 6.54 Å². The summed E-state index contributed by atoms with van der Waals surface area (Å²) in [6, 6.07) is 10.9. The number of primary amides is 1. The molecule has 1 aliphatic rings. The Balaban J connectivity index is 1.63. The van der Waals surface area contributed by atoms with Crippen molar-refractivity contribution in [3.63, 3.8) is 0 Å². The van der Waals surface area contributed by atoms with Crippen LogP contribution in [0.15, 0.2) is 36.4 Å². The van der Waals surface area contributed by atoms with E-state index in [1.807, 2.05) is 36.4 Å². The van der Waals surface area contributed by atoms with Crippen LogP contribution in [0.4, 0.5) is 10.5 Å². The molecule has 0 aromatic heterocycles. The quantitative estimate of drug-likeness (QED) is 0.761. The fourth-order valence-corrected chi connectivity index (χ4v) is 2.94. The number of nitrogens with two attached hydrogens (primary N) is 1. The molecule has 0 saturated heterocycles. The number of halogens is 1. The van der Waals surface area contributed by atoms with Gasteiger partial charge < -0.3 is 25.8 Å². The summed E-state index contributed by atoms with van der Waals surface area (Å²) in [5, 5.41) is 6.54. The Kier molecular flexibility index (Phi) is 5.31. The number of fused-ring (bicyclic) bond motifs is 1. The smallest absolute Gasteiger partial charge is 0.316 e. The molecule has 7 heteroatoms. The third-order valence-corrected chi connectivity index (χ3v) is 4.23. The maximum atomic E-state index is 10.8. The molecule has 2 aromatic carbocycles. The number of hydrogen-bond acceptors (Lipinski definition) is 4. The zero-order chi connectivity index (χ0) is 17.8. The van der Waals surface area contributed by atoms with Gasteiger partial charge in [-0.2, -0.15) is 0 Å². The van der Waals surface area contributed by atoms with Crippen LogP contribution in [0.1, 0.15) is 24.1 Å². The van der Waals surface area contributed by atoms with Gasteiger partial charge >= 0.3 is 6.03 Å². The van der Waals surface area contributed by atoms with Crippen LogP contribution in [-0.4, -0.2) is 19.2 Å². The van der Waals surface area contributed by atoms with Crippen molar-refractivity contribution in [2.75, 3.05) is 18.5 Å². The number of hydrogen-bond donors (Lipinski definition) is 3. The third kappa shape index (κ3) is 4.35. The zero-order valence-electron chi connectivity index (χ0n) is 13.8. The average molecular weight is 362 g/mol. The van der Waals surface area contributed by atoms with E-state index in [2.05, 4.69) is 17.6 Å². The van der Waals surface area contributed by atoms with E-state index in [0.717, 1.165) is 11.1 Å². The number of rotatable bonds is 5. The number of anilines is 1. The molecule has 2 amide bonds. The summed E-state index contributed by atoms with van der Waals surface area (Å²) >= 11 is 6.26. The number of ether oxygens (including phenoxy) is 2. The molecule has 0 saturated carbocycles. The Morgan fingerprint density at radius 3 is 2.68 bits per heavy atom. The third-order valence-electron chi connectivity index (χ3n) is 3.95. The summed E-state index contributed by atoms with van der Waals surface area (Å²) in [5.41, 5.74) is 7.89. The van der Waals surface area contributed by atoms with E-state index in [-0.39, 0.29) is 6.04 Å². The van der Waals surface area contributed by atoms with E-state index in [9.17, 15) is 4.79 Å². The van der Waals surface area contributed by atoms with Crippen LogP contribution in [0, 0.1) is 0 Å². The Morgan fingerprint density at radius 2 is 1.96 bits per heavy atom. The van der Waals surface area contributed by atoms with Crippen LogP contribution in [0.25, 0.3) is 0 Å². The summed E-state index contributed by atoms with van der Waals surface area (Å²) in [6.45, 7) is 3.75. The fraction of sp³-hybridized carbons (Fsp3) is 0.278. The summed E-state index contributed by atoms with van der Waals surface area (Å²) in [4.78, 5) is 10.8. The average Bonchev–Trinajstić information content (AvgIpc) is 2.60. The predicted octanol–water partition coefficient (Wildman–Crippen LogP) is 3.45. The van der Waals surface area contributed by atoms with Crippen molar-refractivity contribution in [1.82, 2.24) is 5.32 Å². The highest BCUT2D eigenvalue weighted by Crippen LogP contribution is 2.38. The van der Waals surface area contributed by atoms with Crippen LogP contribution in [0.3, 0.4) is 0 Å². The minimum Gasteiger partial charge on any atom is -0.486 e. The molecule has 1 atom stereocenters. The number of urea groups is 1. The van der Waals surface area contributed by atoms with Crippen LogP contribution in [0.5, 0.6) is 11.5 Å². The van der Waals surface area contributed by atoms with Crippen molar-refractivity contribution >= 4 is 23.3 Å². The van der Waals surface area contributed by atoms with Crippen molar-refractivity contribution in [1.29, 1.82) is 0 Å². The molecular formula is C18H20ClN3O3. The lowest BCUT2D eigenvalue weighted by molar-refractivity contribution is 0.171. The first-order valence-corrected chi connectivity index (χ1v) is 8.38. The van der Waals surface area contributed by atoms with Crippen molar-refractivity contribution in [2.24, 2.45) is 5.73 Å². The molecule has 1 heterocycles. The molecule has 1 aliphatic heterocycles. The predicted molar refractivity (Wildman–Crippen MR) is 97.3 cm³/mol. The van der Waals surface area contributed by atoms with Gasteiger partial charge in [0, 0.05) is 18.3 Å². The van der Waals surface area contributed by atoms with Gasteiger partial charge in [-0.1, -0.05) is 23.7 Å². The normalized spacial score (nSPS) is 14.0. The van der Waals surface area contributed by atoms with Gasteiger partial charge in [0.05, 0.1) is 5.02 Å². The molecule has 0 fully saturated rings. The molecule has 2 aromatic rings. The molecule has 132 valence electrons. The van der Waals surface area contributed by atoms with Crippen molar-refractivity contribution < 1.29 is 14.3 Å². The summed E-state index contributed by atoms with van der Waals surface area (Å²) in [5.74, 6) is 1.30. The largest absolute Gasteiger partial charge is 0.486 e. The van der Waals surface area contributed by atoms with E-state index in [1.165, 1.54) is 0 Å². The maximum absolute atomic E-state index is 10.8. The maximum Gasteiger partial charge on any atom is 0.316 e. The van der Waals surface area contributed by atoms with Gasteiger partial charge in [-0.25, -0.2) is 4.79 Å². The molecule has 6 nitrogen and oxygen atoms in total. The minimum atomic E-state index is -0.575. The minimum absolute atomic E-state index is 0.120. The standard InChI is InChI=1S/C18H20ClN3O3/c1-11(13-2-4-14(5-3-13)22-18(20)23)21-10-12-8-15(19)17-16(9-12)24-6-7-25-17/h2-5,8-9,11,21H,6-7,10H2,1H3,(H3,20,22,23). The van der Waals surface area contributed by atoms with Crippen molar-refractivity contribution in [3.05, 3.63) is 52.5 Å². The first kappa shape index (κ1) is 17.4. The van der Waals surface area contributed by atoms with Crippen molar-refractivity contribution in [2.45, 2.75) is 19.5 Å². The lowest BCUT2D eigenvalue weighted by Crippen LogP contribution is -2.20. The molecule has 0 spiro atoms. The van der Waals surface area contributed by atoms with Gasteiger partial charge in [0.15, 0.2) is 11.5 Å². The molecule has 0 radical (unpaired) electrons. The Bertz CT molecular complexity index is 765. The number of amides is 2. The number of nitrogens with one attached hydrogen (secondary N) is 2. The first-order chi connectivity index (χ1) is 12.0. The van der Waals surface area contributed by atoms with Gasteiger partial charge in [0.2, 0.25) is 0 Å². The second-order valence-corrected chi connectivity index (χ2v) is 6.22. The van der Waals surface area contributed by atoms with Gasteiger partial charge in [0.25, 0.3) is 0 Å². The second-order valence-electron chi connectivity index (χ2n) is 5.82. The van der Waals surface area contributed by atoms with E-state index < -0.39 is 6.03 Å². The Morgan fingerprint density at radius 1 is 1.24 bits per heavy atom. The number of benzene rings is 2.